The van der Waals surface area contributed by atoms with E-state index in [4.69, 9.17) is 4.74 Å². The summed E-state index contributed by atoms with van der Waals surface area (Å²) in [5, 5.41) is 0. The Morgan fingerprint density at radius 3 is 2.45 bits per heavy atom. The maximum atomic E-state index is 5.63. The Morgan fingerprint density at radius 1 is 1.45 bits per heavy atom. The van der Waals surface area contributed by atoms with E-state index in [1.807, 2.05) is 0 Å². The van der Waals surface area contributed by atoms with Gasteiger partial charge in [-0.15, -0.1) is 0 Å². The summed E-state index contributed by atoms with van der Waals surface area (Å²) in [6, 6.07) is 0. The zero-order valence-corrected chi connectivity index (χ0v) is 7.98. The van der Waals surface area contributed by atoms with Gasteiger partial charge in [0.25, 0.3) is 0 Å². The zero-order valence-electron chi connectivity index (χ0n) is 7.98. The molecule has 1 unspecified atom stereocenters. The van der Waals surface area contributed by atoms with E-state index in [1.165, 1.54) is 11.1 Å². The second kappa shape index (κ2) is 3.40. The van der Waals surface area contributed by atoms with Gasteiger partial charge in [0.2, 0.25) is 0 Å². The number of hydrogen-bond acceptors (Lipinski definition) is 1. The summed E-state index contributed by atoms with van der Waals surface area (Å²) in [4.78, 5) is 0. The van der Waals surface area contributed by atoms with E-state index in [9.17, 15) is 0 Å². The number of rotatable bonds is 1. The van der Waals surface area contributed by atoms with Crippen molar-refractivity contribution in [3.8, 4) is 0 Å². The third-order valence-corrected chi connectivity index (χ3v) is 2.26. The Kier molecular flexibility index (Phi) is 2.72. The van der Waals surface area contributed by atoms with Gasteiger partial charge in [0.1, 0.15) is 0 Å². The van der Waals surface area contributed by atoms with E-state index < -0.39 is 0 Å². The molecule has 1 heterocycles. The van der Waals surface area contributed by atoms with Crippen LogP contribution in [0.25, 0.3) is 0 Å². The lowest BCUT2D eigenvalue weighted by Crippen LogP contribution is -2.16. The van der Waals surface area contributed by atoms with Crippen LogP contribution in [0.1, 0.15) is 34.1 Å². The molecular weight excluding hydrogens is 136 g/mol. The summed E-state index contributed by atoms with van der Waals surface area (Å²) in [7, 11) is 0. The molecule has 1 fully saturated rings. The van der Waals surface area contributed by atoms with Crippen LogP contribution in [0.15, 0.2) is 11.1 Å². The van der Waals surface area contributed by atoms with Crippen molar-refractivity contribution in [1.82, 2.24) is 0 Å². The molecule has 0 radical (unpaired) electrons. The van der Waals surface area contributed by atoms with Crippen molar-refractivity contribution >= 4 is 0 Å². The Morgan fingerprint density at radius 2 is 2.09 bits per heavy atom. The molecular formula is C10H18O. The average molecular weight is 154 g/mol. The van der Waals surface area contributed by atoms with Crippen LogP contribution < -0.4 is 0 Å². The second-order valence-corrected chi connectivity index (χ2v) is 3.81. The highest BCUT2D eigenvalue weighted by Crippen LogP contribution is 2.28. The molecule has 0 amide bonds. The summed E-state index contributed by atoms with van der Waals surface area (Å²) in [6.45, 7) is 9.72. The number of ether oxygens (including phenoxy) is 1. The summed E-state index contributed by atoms with van der Waals surface area (Å²) < 4.78 is 5.63. The van der Waals surface area contributed by atoms with Crippen LogP contribution >= 0.6 is 0 Å². The predicted molar refractivity (Wildman–Crippen MR) is 47.6 cm³/mol. The van der Waals surface area contributed by atoms with E-state index >= 15 is 0 Å². The lowest BCUT2D eigenvalue weighted by Gasteiger charge is -2.16. The van der Waals surface area contributed by atoms with E-state index in [2.05, 4.69) is 27.7 Å². The Labute approximate surface area is 69.4 Å². The van der Waals surface area contributed by atoms with Crippen molar-refractivity contribution in [3.63, 3.8) is 0 Å². The minimum Gasteiger partial charge on any atom is -0.373 e. The molecule has 1 atom stereocenters. The highest BCUT2D eigenvalue weighted by molar-refractivity contribution is 5.18. The smallest absolute Gasteiger partial charge is 0.0811 e. The maximum absolute atomic E-state index is 5.63. The van der Waals surface area contributed by atoms with Gasteiger partial charge < -0.3 is 4.74 Å². The van der Waals surface area contributed by atoms with Crippen molar-refractivity contribution in [1.29, 1.82) is 0 Å². The van der Waals surface area contributed by atoms with Crippen molar-refractivity contribution in [3.05, 3.63) is 11.1 Å². The maximum Gasteiger partial charge on any atom is 0.0811 e. The van der Waals surface area contributed by atoms with Gasteiger partial charge in [-0.2, -0.15) is 0 Å². The summed E-state index contributed by atoms with van der Waals surface area (Å²) >= 11 is 0. The Balaban J connectivity index is 2.74. The van der Waals surface area contributed by atoms with E-state index in [1.54, 1.807) is 0 Å². The van der Waals surface area contributed by atoms with Gasteiger partial charge in [-0.1, -0.05) is 19.4 Å². The van der Waals surface area contributed by atoms with Crippen LogP contribution in [0, 0.1) is 5.92 Å². The third kappa shape index (κ3) is 1.84. The fourth-order valence-corrected chi connectivity index (χ4v) is 1.67. The van der Waals surface area contributed by atoms with Crippen LogP contribution in [0.3, 0.4) is 0 Å². The van der Waals surface area contributed by atoms with Crippen molar-refractivity contribution in [2.24, 2.45) is 5.92 Å². The minimum atomic E-state index is 0.403. The first-order valence-corrected chi connectivity index (χ1v) is 4.40. The normalized spacial score (nSPS) is 24.8. The zero-order chi connectivity index (χ0) is 8.43. The Bertz CT molecular complexity index is 164. The van der Waals surface area contributed by atoms with Crippen LogP contribution in [-0.2, 0) is 4.74 Å². The molecule has 64 valence electrons. The highest BCUT2D eigenvalue weighted by Gasteiger charge is 2.24. The highest BCUT2D eigenvalue weighted by atomic mass is 16.5. The van der Waals surface area contributed by atoms with Gasteiger partial charge in [0.15, 0.2) is 0 Å². The molecule has 0 aromatic carbocycles. The molecule has 1 aliphatic heterocycles. The van der Waals surface area contributed by atoms with Gasteiger partial charge in [-0.25, -0.2) is 0 Å². The first-order chi connectivity index (χ1) is 5.13. The predicted octanol–water partition coefficient (Wildman–Crippen LogP) is 2.77. The van der Waals surface area contributed by atoms with Crippen molar-refractivity contribution in [2.75, 3.05) is 6.61 Å². The lowest BCUT2D eigenvalue weighted by molar-refractivity contribution is 0.0904. The summed E-state index contributed by atoms with van der Waals surface area (Å²) in [5.74, 6) is 0.627. The van der Waals surface area contributed by atoms with Crippen molar-refractivity contribution in [2.45, 2.75) is 40.2 Å². The second-order valence-electron chi connectivity index (χ2n) is 3.81. The van der Waals surface area contributed by atoms with Crippen LogP contribution in [0.4, 0.5) is 0 Å². The van der Waals surface area contributed by atoms with E-state index in [0.29, 0.717) is 12.0 Å². The molecule has 0 aromatic rings. The molecule has 0 aliphatic carbocycles. The fraction of sp³-hybridized carbons (Fsp3) is 0.800. The molecule has 11 heavy (non-hydrogen) atoms. The SMILES string of the molecule is CC(C)=C1CCOC1C(C)C. The molecule has 1 heteroatoms. The Hall–Kier alpha value is -0.300. The quantitative estimate of drug-likeness (QED) is 0.528. The third-order valence-electron chi connectivity index (χ3n) is 2.26. The van der Waals surface area contributed by atoms with Crippen LogP contribution in [0.5, 0.6) is 0 Å². The molecule has 1 aliphatic rings. The minimum absolute atomic E-state index is 0.403. The molecule has 0 aromatic heterocycles. The largest absolute Gasteiger partial charge is 0.373 e. The molecule has 1 rings (SSSR count). The van der Waals surface area contributed by atoms with Crippen LogP contribution in [0.2, 0.25) is 0 Å². The van der Waals surface area contributed by atoms with Crippen molar-refractivity contribution < 1.29 is 4.74 Å². The van der Waals surface area contributed by atoms with Gasteiger partial charge in [-0.05, 0) is 31.8 Å². The van der Waals surface area contributed by atoms with Crippen LogP contribution in [-0.4, -0.2) is 12.7 Å². The molecule has 0 N–H and O–H groups in total. The van der Waals surface area contributed by atoms with E-state index in [-0.39, 0.29) is 0 Å². The fourth-order valence-electron chi connectivity index (χ4n) is 1.67. The molecule has 0 saturated carbocycles. The molecule has 1 saturated heterocycles. The average Bonchev–Trinajstić information content (AvgIpc) is 2.32. The van der Waals surface area contributed by atoms with Gasteiger partial charge in [-0.3, -0.25) is 0 Å². The monoisotopic (exact) mass is 154 g/mol. The van der Waals surface area contributed by atoms with Gasteiger partial charge >= 0.3 is 0 Å². The topological polar surface area (TPSA) is 9.23 Å². The molecule has 1 nitrogen and oxygen atoms in total. The first-order valence-electron chi connectivity index (χ1n) is 4.40. The van der Waals surface area contributed by atoms with E-state index in [0.717, 1.165) is 13.0 Å². The first kappa shape index (κ1) is 8.79. The summed E-state index contributed by atoms with van der Waals surface area (Å²) in [6.07, 6.45) is 1.55. The summed E-state index contributed by atoms with van der Waals surface area (Å²) in [5.41, 5.74) is 2.97. The molecule has 0 bridgehead atoms. The molecule has 0 spiro atoms. The standard InChI is InChI=1S/C10H18O/c1-7(2)9-5-6-11-10(9)8(3)4/h8,10H,5-6H2,1-4H3. The van der Waals surface area contributed by atoms with Gasteiger partial charge in [0.05, 0.1) is 12.7 Å². The van der Waals surface area contributed by atoms with Gasteiger partial charge in [0, 0.05) is 0 Å². The number of hydrogen-bond donors (Lipinski definition) is 0. The lowest BCUT2D eigenvalue weighted by atomic mass is 9.96. The number of allylic oxidation sites excluding steroid dienone is 1.